The van der Waals surface area contributed by atoms with E-state index in [4.69, 9.17) is 0 Å². The molecule has 0 fully saturated rings. The molecule has 6 heteroatoms. The van der Waals surface area contributed by atoms with Crippen LogP contribution < -0.4 is 29.6 Å². The van der Waals surface area contributed by atoms with Crippen LogP contribution in [-0.2, 0) is 16.5 Å². The first-order valence-electron chi connectivity index (χ1n) is 5.62. The largest absolute Gasteiger partial charge is 1.00 e. The van der Waals surface area contributed by atoms with Crippen LogP contribution in [0.3, 0.4) is 0 Å². The summed E-state index contributed by atoms with van der Waals surface area (Å²) in [5, 5.41) is 0. The van der Waals surface area contributed by atoms with Crippen molar-refractivity contribution in [3.63, 3.8) is 0 Å². The van der Waals surface area contributed by atoms with Crippen molar-refractivity contribution < 1.29 is 42.5 Å². The minimum Gasteiger partial charge on any atom is -0.744 e. The topological polar surface area (TPSA) is 57.2 Å². The van der Waals surface area contributed by atoms with Gasteiger partial charge < -0.3 is 4.55 Å². The number of hydrogen-bond acceptors (Lipinski definition) is 3. The zero-order valence-electron chi connectivity index (χ0n) is 10.7. The van der Waals surface area contributed by atoms with Crippen molar-refractivity contribution in [2.24, 2.45) is 0 Å². The maximum atomic E-state index is 10.9. The molecular formula is C12H16BrNaO3S. The van der Waals surface area contributed by atoms with Crippen LogP contribution in [0.1, 0.15) is 31.7 Å². The molecule has 0 aliphatic rings. The summed E-state index contributed by atoms with van der Waals surface area (Å²) in [4.78, 5) is 0.178. The van der Waals surface area contributed by atoms with Gasteiger partial charge in [0.15, 0.2) is 0 Å². The van der Waals surface area contributed by atoms with Gasteiger partial charge in [0.05, 0.1) is 4.90 Å². The molecule has 0 aromatic heterocycles. The summed E-state index contributed by atoms with van der Waals surface area (Å²) >= 11 is 3.56. The van der Waals surface area contributed by atoms with Crippen LogP contribution in [0.25, 0.3) is 0 Å². The molecule has 3 nitrogen and oxygen atoms in total. The minimum absolute atomic E-state index is 0. The van der Waals surface area contributed by atoms with Gasteiger partial charge in [-0.1, -0.05) is 47.8 Å². The molecule has 1 aromatic carbocycles. The summed E-state index contributed by atoms with van der Waals surface area (Å²) in [6.45, 7) is 2.13. The van der Waals surface area contributed by atoms with E-state index in [1.807, 2.05) is 6.07 Å². The Hall–Kier alpha value is 0.610. The smallest absolute Gasteiger partial charge is 0.744 e. The van der Waals surface area contributed by atoms with Gasteiger partial charge in [-0.05, 0) is 30.5 Å². The zero-order valence-corrected chi connectivity index (χ0v) is 15.1. The first-order valence-corrected chi connectivity index (χ1v) is 7.94. The molecule has 1 unspecified atom stereocenters. The van der Waals surface area contributed by atoms with Gasteiger partial charge >= 0.3 is 29.6 Å². The number of alkyl halides is 1. The summed E-state index contributed by atoms with van der Waals surface area (Å²) in [6.07, 6.45) is 4.06. The van der Waals surface area contributed by atoms with E-state index in [2.05, 4.69) is 22.9 Å². The molecule has 0 saturated heterocycles. The standard InChI is InChI=1S/C12H17BrO3S.Na/c1-2-3-6-11(13)8-10-5-4-7-12(9-10)17(14,15)16;/h4-5,7,9,11H,2-3,6,8H2,1H3,(H,14,15,16);/q;+1/p-1. The number of benzene rings is 1. The summed E-state index contributed by atoms with van der Waals surface area (Å²) in [7, 11) is -4.34. The average molecular weight is 343 g/mol. The monoisotopic (exact) mass is 342 g/mol. The van der Waals surface area contributed by atoms with Crippen molar-refractivity contribution in [1.82, 2.24) is 0 Å². The molecule has 0 spiro atoms. The normalized spacial score (nSPS) is 12.8. The van der Waals surface area contributed by atoms with Gasteiger partial charge in [-0.3, -0.25) is 0 Å². The second kappa shape index (κ2) is 8.72. The Morgan fingerprint density at radius 1 is 1.39 bits per heavy atom. The molecule has 0 saturated carbocycles. The molecule has 0 aliphatic heterocycles. The summed E-state index contributed by atoms with van der Waals surface area (Å²) in [5.41, 5.74) is 0.875. The summed E-state index contributed by atoms with van der Waals surface area (Å²) < 4.78 is 32.6. The van der Waals surface area contributed by atoms with E-state index in [1.54, 1.807) is 6.07 Å². The van der Waals surface area contributed by atoms with Crippen molar-refractivity contribution in [2.45, 2.75) is 42.3 Å². The second-order valence-electron chi connectivity index (χ2n) is 4.05. The first-order chi connectivity index (χ1) is 7.93. The van der Waals surface area contributed by atoms with Gasteiger partial charge in [0.25, 0.3) is 0 Å². The molecule has 1 rings (SSSR count). The minimum atomic E-state index is -4.34. The van der Waals surface area contributed by atoms with Gasteiger partial charge in [-0.15, -0.1) is 0 Å². The van der Waals surface area contributed by atoms with Crippen LogP contribution in [0, 0.1) is 0 Å². The Morgan fingerprint density at radius 2 is 2.06 bits per heavy atom. The van der Waals surface area contributed by atoms with Crippen molar-refractivity contribution in [1.29, 1.82) is 0 Å². The number of halogens is 1. The predicted molar refractivity (Wildman–Crippen MR) is 70.3 cm³/mol. The van der Waals surface area contributed by atoms with E-state index in [0.717, 1.165) is 31.2 Å². The molecular weight excluding hydrogens is 327 g/mol. The van der Waals surface area contributed by atoms with E-state index in [9.17, 15) is 13.0 Å². The van der Waals surface area contributed by atoms with E-state index in [1.165, 1.54) is 12.1 Å². The maximum absolute atomic E-state index is 10.9. The zero-order chi connectivity index (χ0) is 12.9. The molecule has 1 atom stereocenters. The van der Waals surface area contributed by atoms with Crippen molar-refractivity contribution in [2.75, 3.05) is 0 Å². The fraction of sp³-hybridized carbons (Fsp3) is 0.500. The van der Waals surface area contributed by atoms with Crippen LogP contribution in [-0.4, -0.2) is 17.8 Å². The van der Waals surface area contributed by atoms with E-state index >= 15 is 0 Å². The second-order valence-corrected chi connectivity index (χ2v) is 6.72. The molecule has 0 amide bonds. The Kier molecular flexibility index (Phi) is 9.01. The fourth-order valence-electron chi connectivity index (χ4n) is 1.61. The van der Waals surface area contributed by atoms with E-state index < -0.39 is 10.1 Å². The van der Waals surface area contributed by atoms with Gasteiger partial charge in [0.2, 0.25) is 0 Å². The van der Waals surface area contributed by atoms with Gasteiger partial charge in [0, 0.05) is 4.83 Å². The number of rotatable bonds is 6. The fourth-order valence-corrected chi connectivity index (χ4v) is 2.85. The molecule has 0 radical (unpaired) electrons. The summed E-state index contributed by atoms with van der Waals surface area (Å²) in [6, 6.07) is 6.25. The average Bonchev–Trinajstić information content (AvgIpc) is 2.25. The van der Waals surface area contributed by atoms with Gasteiger partial charge in [-0.2, -0.15) is 0 Å². The third-order valence-electron chi connectivity index (χ3n) is 2.52. The molecule has 1 aromatic rings. The van der Waals surface area contributed by atoms with Crippen LogP contribution in [0.5, 0.6) is 0 Å². The quantitative estimate of drug-likeness (QED) is 0.418. The molecule has 0 aliphatic carbocycles. The third-order valence-corrected chi connectivity index (χ3v) is 4.13. The molecule has 96 valence electrons. The van der Waals surface area contributed by atoms with Crippen LogP contribution in [0.4, 0.5) is 0 Å². The Balaban J connectivity index is 0.00000289. The van der Waals surface area contributed by atoms with Gasteiger partial charge in [0.1, 0.15) is 10.1 Å². The van der Waals surface area contributed by atoms with Crippen LogP contribution in [0.2, 0.25) is 0 Å². The summed E-state index contributed by atoms with van der Waals surface area (Å²) in [5.74, 6) is 0. The third kappa shape index (κ3) is 6.68. The van der Waals surface area contributed by atoms with Crippen molar-refractivity contribution in [3.05, 3.63) is 29.8 Å². The van der Waals surface area contributed by atoms with Crippen molar-refractivity contribution >= 4 is 26.0 Å². The molecule has 0 N–H and O–H groups in total. The van der Waals surface area contributed by atoms with Crippen LogP contribution in [0.15, 0.2) is 29.2 Å². The SMILES string of the molecule is CCCCC(Br)Cc1cccc(S(=O)(=O)[O-])c1.[Na+]. The first kappa shape index (κ1) is 18.6. The Morgan fingerprint density at radius 3 is 2.61 bits per heavy atom. The molecule has 0 heterocycles. The maximum Gasteiger partial charge on any atom is 1.00 e. The predicted octanol–water partition coefficient (Wildman–Crippen LogP) is 0.0909. The Labute approximate surface area is 140 Å². The van der Waals surface area contributed by atoms with E-state index in [-0.39, 0.29) is 34.5 Å². The number of unbranched alkanes of at least 4 members (excludes halogenated alkanes) is 1. The Bertz CT molecular complexity index is 462. The van der Waals surface area contributed by atoms with E-state index in [0.29, 0.717) is 4.83 Å². The molecule has 0 bridgehead atoms. The van der Waals surface area contributed by atoms with Crippen LogP contribution >= 0.6 is 15.9 Å². The number of hydrogen-bond donors (Lipinski definition) is 0. The van der Waals surface area contributed by atoms with Gasteiger partial charge in [-0.25, -0.2) is 8.42 Å². The van der Waals surface area contributed by atoms with Crippen molar-refractivity contribution in [3.8, 4) is 0 Å². The molecule has 18 heavy (non-hydrogen) atoms.